The van der Waals surface area contributed by atoms with Crippen LogP contribution in [0.2, 0.25) is 0 Å². The van der Waals surface area contributed by atoms with E-state index in [0.29, 0.717) is 18.1 Å². The van der Waals surface area contributed by atoms with Crippen molar-refractivity contribution in [2.45, 2.75) is 65.3 Å². The third kappa shape index (κ3) is 4.01. The van der Waals surface area contributed by atoms with Crippen molar-refractivity contribution < 1.29 is 0 Å². The third-order valence-electron chi connectivity index (χ3n) is 4.77. The van der Waals surface area contributed by atoms with Crippen molar-refractivity contribution in [2.75, 3.05) is 19.6 Å². The van der Waals surface area contributed by atoms with Crippen LogP contribution in [0.1, 0.15) is 43.3 Å². The molecule has 2 aliphatic rings. The van der Waals surface area contributed by atoms with Crippen molar-refractivity contribution >= 4 is 23.7 Å². The number of fused-ring (bicyclic) bond motifs is 1. The Kier molecular flexibility index (Phi) is 6.25. The number of hydrogen-bond donors (Lipinski definition) is 1. The van der Waals surface area contributed by atoms with E-state index >= 15 is 0 Å². The first-order valence-electron chi connectivity index (χ1n) is 8.22. The van der Waals surface area contributed by atoms with Crippen LogP contribution in [0.4, 0.5) is 0 Å². The van der Waals surface area contributed by atoms with Gasteiger partial charge in [-0.15, -0.1) is 23.7 Å². The summed E-state index contributed by atoms with van der Waals surface area (Å²) in [5.41, 5.74) is 1.36. The second-order valence-corrected chi connectivity index (χ2v) is 8.05. The molecular formula is C16H29ClN4S. The van der Waals surface area contributed by atoms with Crippen LogP contribution in [-0.4, -0.2) is 52.5 Å². The maximum absolute atomic E-state index is 4.93. The number of aromatic nitrogens is 1. The smallest absolute Gasteiger partial charge is 0.107 e. The molecule has 4 nitrogen and oxygen atoms in total. The molecule has 1 fully saturated rings. The molecule has 22 heavy (non-hydrogen) atoms. The van der Waals surface area contributed by atoms with Crippen LogP contribution in [-0.2, 0) is 19.5 Å². The SMILES string of the molecule is CC1CN(Cc2nc3c(s2)CN(C(C)C)CC3)C(C)CN1.Cl. The van der Waals surface area contributed by atoms with Crippen LogP contribution in [0.15, 0.2) is 0 Å². The highest BCUT2D eigenvalue weighted by molar-refractivity contribution is 7.11. The van der Waals surface area contributed by atoms with E-state index in [1.807, 2.05) is 11.3 Å². The van der Waals surface area contributed by atoms with Gasteiger partial charge in [-0.05, 0) is 27.7 Å². The van der Waals surface area contributed by atoms with Crippen LogP contribution in [0.5, 0.6) is 0 Å². The number of rotatable bonds is 3. The van der Waals surface area contributed by atoms with Crippen LogP contribution < -0.4 is 5.32 Å². The zero-order valence-corrected chi connectivity index (χ0v) is 15.8. The van der Waals surface area contributed by atoms with Crippen molar-refractivity contribution in [3.63, 3.8) is 0 Å². The molecule has 0 bridgehead atoms. The van der Waals surface area contributed by atoms with E-state index in [9.17, 15) is 0 Å². The molecule has 3 rings (SSSR count). The summed E-state index contributed by atoms with van der Waals surface area (Å²) in [5.74, 6) is 0. The minimum absolute atomic E-state index is 0. The fourth-order valence-corrected chi connectivity index (χ4v) is 4.43. The molecule has 1 saturated heterocycles. The van der Waals surface area contributed by atoms with Gasteiger partial charge in [-0.3, -0.25) is 9.80 Å². The Morgan fingerprint density at radius 3 is 2.86 bits per heavy atom. The standard InChI is InChI=1S/C16H28N4S.ClH/c1-11(2)19-6-5-14-15(9-19)21-16(18-14)10-20-8-12(3)17-7-13(20)4;/h11-13,17H,5-10H2,1-4H3;1H. The van der Waals surface area contributed by atoms with E-state index in [4.69, 9.17) is 4.98 Å². The van der Waals surface area contributed by atoms with Crippen LogP contribution in [0.3, 0.4) is 0 Å². The molecule has 2 aliphatic heterocycles. The molecule has 1 aromatic rings. The number of piperazine rings is 1. The number of nitrogens with zero attached hydrogens (tertiary/aromatic N) is 3. The van der Waals surface area contributed by atoms with Gasteiger partial charge in [-0.2, -0.15) is 0 Å². The lowest BCUT2D eigenvalue weighted by atomic mass is 10.1. The van der Waals surface area contributed by atoms with Crippen molar-refractivity contribution in [1.82, 2.24) is 20.1 Å². The molecule has 0 spiro atoms. The zero-order chi connectivity index (χ0) is 15.0. The van der Waals surface area contributed by atoms with Gasteiger partial charge in [0.2, 0.25) is 0 Å². The lowest BCUT2D eigenvalue weighted by Gasteiger charge is -2.36. The highest BCUT2D eigenvalue weighted by atomic mass is 35.5. The Morgan fingerprint density at radius 2 is 2.14 bits per heavy atom. The van der Waals surface area contributed by atoms with Gasteiger partial charge in [0.15, 0.2) is 0 Å². The summed E-state index contributed by atoms with van der Waals surface area (Å²) >= 11 is 1.94. The lowest BCUT2D eigenvalue weighted by molar-refractivity contribution is 0.138. The van der Waals surface area contributed by atoms with Crippen molar-refractivity contribution in [2.24, 2.45) is 0 Å². The molecule has 0 saturated carbocycles. The van der Waals surface area contributed by atoms with Gasteiger partial charge in [-0.25, -0.2) is 4.98 Å². The normalized spacial score (nSPS) is 26.8. The topological polar surface area (TPSA) is 31.4 Å². The van der Waals surface area contributed by atoms with Crippen molar-refractivity contribution in [3.8, 4) is 0 Å². The molecule has 126 valence electrons. The molecule has 1 aromatic heterocycles. The second-order valence-electron chi connectivity index (χ2n) is 6.88. The zero-order valence-electron chi connectivity index (χ0n) is 14.1. The van der Waals surface area contributed by atoms with Gasteiger partial charge in [0, 0.05) is 55.6 Å². The third-order valence-corrected chi connectivity index (χ3v) is 5.83. The highest BCUT2D eigenvalue weighted by Gasteiger charge is 2.26. The fourth-order valence-electron chi connectivity index (χ4n) is 3.27. The molecule has 2 atom stereocenters. The van der Waals surface area contributed by atoms with Crippen LogP contribution in [0.25, 0.3) is 0 Å². The molecule has 0 amide bonds. The molecule has 0 aromatic carbocycles. The maximum Gasteiger partial charge on any atom is 0.107 e. The molecule has 0 aliphatic carbocycles. The summed E-state index contributed by atoms with van der Waals surface area (Å²) in [7, 11) is 0. The van der Waals surface area contributed by atoms with Crippen molar-refractivity contribution in [1.29, 1.82) is 0 Å². The number of halogens is 1. The fraction of sp³-hybridized carbons (Fsp3) is 0.812. The molecule has 1 N–H and O–H groups in total. The molecule has 3 heterocycles. The van der Waals surface area contributed by atoms with Crippen LogP contribution in [0, 0.1) is 0 Å². The van der Waals surface area contributed by atoms with E-state index in [-0.39, 0.29) is 12.4 Å². The Morgan fingerprint density at radius 1 is 1.36 bits per heavy atom. The van der Waals surface area contributed by atoms with Gasteiger partial charge in [0.05, 0.1) is 12.2 Å². The number of hydrogen-bond acceptors (Lipinski definition) is 5. The van der Waals surface area contributed by atoms with Crippen LogP contribution >= 0.6 is 23.7 Å². The Balaban J connectivity index is 0.00000176. The Hall–Kier alpha value is -0.200. The average Bonchev–Trinajstić information content (AvgIpc) is 2.84. The van der Waals surface area contributed by atoms with E-state index in [2.05, 4.69) is 42.8 Å². The molecule has 2 unspecified atom stereocenters. The Labute approximate surface area is 144 Å². The number of nitrogens with one attached hydrogen (secondary N) is 1. The van der Waals surface area contributed by atoms with Gasteiger partial charge in [0.25, 0.3) is 0 Å². The summed E-state index contributed by atoms with van der Waals surface area (Å²) in [6, 6.07) is 1.83. The second kappa shape index (κ2) is 7.58. The molecular weight excluding hydrogens is 316 g/mol. The van der Waals surface area contributed by atoms with Gasteiger partial charge in [-0.1, -0.05) is 0 Å². The Bertz CT molecular complexity index is 490. The predicted molar refractivity (Wildman–Crippen MR) is 95.9 cm³/mol. The monoisotopic (exact) mass is 344 g/mol. The van der Waals surface area contributed by atoms with E-state index in [1.165, 1.54) is 15.6 Å². The molecule has 6 heteroatoms. The highest BCUT2D eigenvalue weighted by Crippen LogP contribution is 2.27. The summed E-state index contributed by atoms with van der Waals surface area (Å²) < 4.78 is 0. The van der Waals surface area contributed by atoms with E-state index in [0.717, 1.165) is 39.1 Å². The first kappa shape index (κ1) is 18.1. The predicted octanol–water partition coefficient (Wildman–Crippen LogP) is 2.51. The minimum atomic E-state index is 0. The van der Waals surface area contributed by atoms with Crippen molar-refractivity contribution in [3.05, 3.63) is 15.6 Å². The first-order chi connectivity index (χ1) is 10.0. The first-order valence-corrected chi connectivity index (χ1v) is 9.03. The summed E-state index contributed by atoms with van der Waals surface area (Å²) in [5, 5.41) is 4.86. The minimum Gasteiger partial charge on any atom is -0.311 e. The van der Waals surface area contributed by atoms with Gasteiger partial charge >= 0.3 is 0 Å². The summed E-state index contributed by atoms with van der Waals surface area (Å²) in [6.07, 6.45) is 1.12. The number of thiazole rings is 1. The average molecular weight is 345 g/mol. The van der Waals surface area contributed by atoms with E-state index < -0.39 is 0 Å². The summed E-state index contributed by atoms with van der Waals surface area (Å²) in [4.78, 5) is 11.6. The largest absolute Gasteiger partial charge is 0.311 e. The molecule has 0 radical (unpaired) electrons. The van der Waals surface area contributed by atoms with Gasteiger partial charge < -0.3 is 5.32 Å². The van der Waals surface area contributed by atoms with E-state index in [1.54, 1.807) is 0 Å². The summed E-state index contributed by atoms with van der Waals surface area (Å²) in [6.45, 7) is 14.7. The lowest BCUT2D eigenvalue weighted by Crippen LogP contribution is -2.53. The van der Waals surface area contributed by atoms with Gasteiger partial charge in [0.1, 0.15) is 5.01 Å². The quantitative estimate of drug-likeness (QED) is 0.913. The maximum atomic E-state index is 4.93.